The van der Waals surface area contributed by atoms with Crippen molar-refractivity contribution in [1.29, 1.82) is 0 Å². The Kier molecular flexibility index (Phi) is 6.43. The highest BCUT2D eigenvalue weighted by Gasteiger charge is 2.23. The Morgan fingerprint density at radius 2 is 2.27 bits per heavy atom. The zero-order chi connectivity index (χ0) is 18.5. The van der Waals surface area contributed by atoms with Crippen molar-refractivity contribution in [3.63, 3.8) is 0 Å². The summed E-state index contributed by atoms with van der Waals surface area (Å²) in [5.41, 5.74) is 0.941. The molecule has 1 fully saturated rings. The van der Waals surface area contributed by atoms with Crippen LogP contribution in [0.5, 0.6) is 5.75 Å². The van der Waals surface area contributed by atoms with Gasteiger partial charge in [0, 0.05) is 17.6 Å². The molecule has 8 heteroatoms. The first kappa shape index (κ1) is 19.0. The number of carbonyl (C=O) groups excluding carboxylic acids is 1. The summed E-state index contributed by atoms with van der Waals surface area (Å²) < 4.78 is 11.2. The molecule has 6 nitrogen and oxygen atoms in total. The van der Waals surface area contributed by atoms with Crippen LogP contribution in [0.1, 0.15) is 37.6 Å². The van der Waals surface area contributed by atoms with Crippen molar-refractivity contribution in [2.45, 2.75) is 51.0 Å². The fraction of sp³-hybridized carbons (Fsp3) is 0.500. The van der Waals surface area contributed by atoms with Crippen LogP contribution in [-0.4, -0.2) is 39.3 Å². The van der Waals surface area contributed by atoms with Gasteiger partial charge in [0.05, 0.1) is 5.75 Å². The van der Waals surface area contributed by atoms with Crippen molar-refractivity contribution in [3.8, 4) is 5.75 Å². The Labute approximate surface area is 162 Å². The Hall–Kier alpha value is -1.73. The molecule has 0 bridgehead atoms. The molecule has 3 rings (SSSR count). The second-order valence-electron chi connectivity index (χ2n) is 6.38. The summed E-state index contributed by atoms with van der Waals surface area (Å²) in [5.74, 6) is 1.49. The van der Waals surface area contributed by atoms with Gasteiger partial charge < -0.3 is 14.1 Å². The quantitative estimate of drug-likeness (QED) is 0.686. The van der Waals surface area contributed by atoms with Crippen LogP contribution in [-0.2, 0) is 11.4 Å². The molecule has 1 aromatic carbocycles. The van der Waals surface area contributed by atoms with E-state index in [0.717, 1.165) is 24.9 Å². The van der Waals surface area contributed by atoms with E-state index in [9.17, 15) is 4.79 Å². The summed E-state index contributed by atoms with van der Waals surface area (Å²) in [6.07, 6.45) is 3.34. The number of nitrogens with zero attached hydrogens (tertiary/aromatic N) is 3. The first-order chi connectivity index (χ1) is 12.5. The fourth-order valence-electron chi connectivity index (χ4n) is 2.88. The third kappa shape index (κ3) is 4.92. The predicted octanol–water partition coefficient (Wildman–Crippen LogP) is 4.10. The zero-order valence-electron chi connectivity index (χ0n) is 14.9. The molecule has 0 radical (unpaired) electrons. The molecule has 1 aromatic heterocycles. The van der Waals surface area contributed by atoms with Crippen LogP contribution in [0.15, 0.2) is 27.8 Å². The second kappa shape index (κ2) is 8.77. The first-order valence-electron chi connectivity index (χ1n) is 8.66. The highest BCUT2D eigenvalue weighted by molar-refractivity contribution is 7.99. The van der Waals surface area contributed by atoms with Gasteiger partial charge in [-0.05, 0) is 56.9 Å². The average molecular weight is 396 g/mol. The Bertz CT molecular complexity index is 768. The van der Waals surface area contributed by atoms with Gasteiger partial charge in [-0.2, -0.15) is 0 Å². The normalized spacial score (nSPS) is 17.3. The van der Waals surface area contributed by atoms with E-state index in [-0.39, 0.29) is 12.5 Å². The second-order valence-corrected chi connectivity index (χ2v) is 7.72. The van der Waals surface area contributed by atoms with E-state index < -0.39 is 0 Å². The number of benzene rings is 1. The van der Waals surface area contributed by atoms with Crippen LogP contribution < -0.4 is 4.74 Å². The molecule has 1 aliphatic rings. The lowest BCUT2D eigenvalue weighted by molar-refractivity contribution is -0.131. The molecule has 1 aliphatic heterocycles. The van der Waals surface area contributed by atoms with Gasteiger partial charge in [-0.25, -0.2) is 0 Å². The van der Waals surface area contributed by atoms with Gasteiger partial charge in [0.2, 0.25) is 5.91 Å². The number of aryl methyl sites for hydroxylation is 1. The Balaban J connectivity index is 1.48. The molecule has 0 aliphatic carbocycles. The lowest BCUT2D eigenvalue weighted by Crippen LogP contribution is -2.42. The third-order valence-electron chi connectivity index (χ3n) is 4.38. The van der Waals surface area contributed by atoms with Gasteiger partial charge >= 0.3 is 0 Å². The van der Waals surface area contributed by atoms with Crippen LogP contribution >= 0.6 is 23.4 Å². The predicted molar refractivity (Wildman–Crippen MR) is 101 cm³/mol. The molecule has 1 saturated heterocycles. The van der Waals surface area contributed by atoms with E-state index in [1.165, 1.54) is 18.2 Å². The molecule has 0 unspecified atom stereocenters. The molecule has 0 spiro atoms. The van der Waals surface area contributed by atoms with Gasteiger partial charge in [0.1, 0.15) is 5.75 Å². The molecule has 140 valence electrons. The molecule has 1 amide bonds. The smallest absolute Gasteiger partial charge is 0.277 e. The summed E-state index contributed by atoms with van der Waals surface area (Å²) in [7, 11) is 0. The summed E-state index contributed by atoms with van der Waals surface area (Å²) >= 11 is 7.26. The summed E-state index contributed by atoms with van der Waals surface area (Å²) in [6.45, 7) is 5.02. The number of likely N-dealkylation sites (tertiary alicyclic amines) is 1. The third-order valence-corrected chi connectivity index (χ3v) is 5.61. The first-order valence-corrected chi connectivity index (χ1v) is 10.0. The number of piperidine rings is 1. The summed E-state index contributed by atoms with van der Waals surface area (Å²) in [4.78, 5) is 14.3. The highest BCUT2D eigenvalue weighted by Crippen LogP contribution is 2.23. The average Bonchev–Trinajstić information content (AvgIpc) is 3.09. The van der Waals surface area contributed by atoms with Crippen molar-refractivity contribution in [2.75, 3.05) is 12.3 Å². The van der Waals surface area contributed by atoms with Crippen LogP contribution in [0.2, 0.25) is 5.02 Å². The number of amides is 1. The van der Waals surface area contributed by atoms with Crippen LogP contribution in [0.25, 0.3) is 0 Å². The maximum Gasteiger partial charge on any atom is 0.277 e. The number of ether oxygens (including phenoxy) is 1. The number of hydrogen-bond donors (Lipinski definition) is 0. The highest BCUT2D eigenvalue weighted by atomic mass is 35.5. The van der Waals surface area contributed by atoms with E-state index >= 15 is 0 Å². The zero-order valence-corrected chi connectivity index (χ0v) is 16.5. The number of thioether (sulfide) groups is 1. The van der Waals surface area contributed by atoms with E-state index in [1.807, 2.05) is 17.9 Å². The van der Waals surface area contributed by atoms with Gasteiger partial charge in [-0.3, -0.25) is 4.79 Å². The molecule has 0 saturated carbocycles. The van der Waals surface area contributed by atoms with Crippen LogP contribution in [0.3, 0.4) is 0 Å². The fourth-order valence-corrected chi connectivity index (χ4v) is 3.67. The number of carbonyl (C=O) groups is 1. The molecule has 2 aromatic rings. The topological polar surface area (TPSA) is 68.5 Å². The van der Waals surface area contributed by atoms with E-state index in [1.54, 1.807) is 12.1 Å². The molecule has 26 heavy (non-hydrogen) atoms. The summed E-state index contributed by atoms with van der Waals surface area (Å²) in [6, 6.07) is 5.74. The van der Waals surface area contributed by atoms with Crippen molar-refractivity contribution in [3.05, 3.63) is 34.7 Å². The molecule has 2 heterocycles. The molecule has 1 atom stereocenters. The monoisotopic (exact) mass is 395 g/mol. The van der Waals surface area contributed by atoms with Gasteiger partial charge in [-0.15, -0.1) is 10.2 Å². The number of rotatable bonds is 6. The van der Waals surface area contributed by atoms with Crippen LogP contribution in [0, 0.1) is 6.92 Å². The number of halogens is 1. The number of aromatic nitrogens is 2. The van der Waals surface area contributed by atoms with Crippen molar-refractivity contribution < 1.29 is 13.9 Å². The Morgan fingerprint density at radius 3 is 3.04 bits per heavy atom. The lowest BCUT2D eigenvalue weighted by atomic mass is 10.0. The van der Waals surface area contributed by atoms with Crippen LogP contribution in [0.4, 0.5) is 0 Å². The standard InChI is InChI=1S/C18H22ClN3O3S/c1-12-9-14(6-7-15(12)19)24-10-16-20-21-18(25-16)26-11-17(23)22-8-4-3-5-13(22)2/h6-7,9,13H,3-5,8,10-11H2,1-2H3/t13-/m1/s1. The SMILES string of the molecule is Cc1cc(OCc2nnc(SCC(=O)N3CCCC[C@H]3C)o2)ccc1Cl. The van der Waals surface area contributed by atoms with Gasteiger partial charge in [0.15, 0.2) is 6.61 Å². The summed E-state index contributed by atoms with van der Waals surface area (Å²) in [5, 5.41) is 9.01. The Morgan fingerprint density at radius 1 is 1.42 bits per heavy atom. The minimum absolute atomic E-state index is 0.120. The van der Waals surface area contributed by atoms with E-state index in [2.05, 4.69) is 17.1 Å². The number of hydrogen-bond acceptors (Lipinski definition) is 6. The van der Waals surface area contributed by atoms with Crippen molar-refractivity contribution in [2.24, 2.45) is 0 Å². The lowest BCUT2D eigenvalue weighted by Gasteiger charge is -2.33. The maximum atomic E-state index is 12.3. The van der Waals surface area contributed by atoms with Gasteiger partial charge in [-0.1, -0.05) is 23.4 Å². The maximum absolute atomic E-state index is 12.3. The van der Waals surface area contributed by atoms with E-state index in [4.69, 9.17) is 20.8 Å². The largest absolute Gasteiger partial charge is 0.484 e. The molecule has 0 N–H and O–H groups in total. The minimum Gasteiger partial charge on any atom is -0.484 e. The van der Waals surface area contributed by atoms with Crippen molar-refractivity contribution >= 4 is 29.3 Å². The van der Waals surface area contributed by atoms with Crippen molar-refractivity contribution in [1.82, 2.24) is 15.1 Å². The van der Waals surface area contributed by atoms with Gasteiger partial charge in [0.25, 0.3) is 11.1 Å². The molecular weight excluding hydrogens is 374 g/mol. The minimum atomic E-state index is 0.120. The van der Waals surface area contributed by atoms with E-state index in [0.29, 0.717) is 33.7 Å². The molecular formula is C18H22ClN3O3S.